The van der Waals surface area contributed by atoms with Crippen LogP contribution in [0.1, 0.15) is 36.2 Å². The minimum atomic E-state index is -0.481. The molecule has 1 aromatic carbocycles. The van der Waals surface area contributed by atoms with Gasteiger partial charge in [-0.15, -0.1) is 10.2 Å². The predicted molar refractivity (Wildman–Crippen MR) is 120 cm³/mol. The molecule has 7 nitrogen and oxygen atoms in total. The van der Waals surface area contributed by atoms with Crippen LogP contribution in [0, 0.1) is 23.6 Å². The number of carbonyl (C=O) groups excluding carboxylic acids is 1. The minimum Gasteiger partial charge on any atom is -0.381 e. The maximum Gasteiger partial charge on any atom is 0.276 e. The Kier molecular flexibility index (Phi) is 6.32. The summed E-state index contributed by atoms with van der Waals surface area (Å²) >= 11 is 0. The van der Waals surface area contributed by atoms with E-state index in [0.717, 1.165) is 43.8 Å². The van der Waals surface area contributed by atoms with Gasteiger partial charge >= 0.3 is 0 Å². The molecular weight excluding hydrogens is 409 g/mol. The topological polar surface area (TPSA) is 79.4 Å². The summed E-state index contributed by atoms with van der Waals surface area (Å²) in [5, 5.41) is 14.2. The monoisotopic (exact) mass is 439 g/mol. The molecule has 2 unspecified atom stereocenters. The third kappa shape index (κ3) is 4.91. The maximum atomic E-state index is 13.7. The molecule has 32 heavy (non-hydrogen) atoms. The summed E-state index contributed by atoms with van der Waals surface area (Å²) in [5.41, 5.74) is 0.288. The molecule has 1 saturated carbocycles. The lowest BCUT2D eigenvalue weighted by Crippen LogP contribution is -2.32. The highest BCUT2D eigenvalue weighted by molar-refractivity contribution is 6.02. The molecule has 170 valence electrons. The Bertz CT molecular complexity index is 920. The van der Waals surface area contributed by atoms with E-state index in [2.05, 4.69) is 25.7 Å². The van der Waals surface area contributed by atoms with Crippen molar-refractivity contribution in [2.75, 3.05) is 43.5 Å². The molecule has 3 fully saturated rings. The van der Waals surface area contributed by atoms with Crippen LogP contribution in [0.4, 0.5) is 15.9 Å². The van der Waals surface area contributed by atoms with E-state index >= 15 is 0 Å². The van der Waals surface area contributed by atoms with E-state index in [1.54, 1.807) is 24.3 Å². The van der Waals surface area contributed by atoms with Gasteiger partial charge in [0.25, 0.3) is 5.91 Å². The van der Waals surface area contributed by atoms with E-state index < -0.39 is 11.7 Å². The van der Waals surface area contributed by atoms with Crippen LogP contribution in [0.25, 0.3) is 0 Å². The van der Waals surface area contributed by atoms with Crippen LogP contribution >= 0.6 is 0 Å². The molecule has 8 heteroatoms. The van der Waals surface area contributed by atoms with Crippen LogP contribution in [0.15, 0.2) is 36.4 Å². The Hall–Kier alpha value is -2.58. The predicted octanol–water partition coefficient (Wildman–Crippen LogP) is 3.42. The third-order valence-electron chi connectivity index (χ3n) is 7.06. The zero-order valence-corrected chi connectivity index (χ0v) is 18.2. The Morgan fingerprint density at radius 1 is 1.06 bits per heavy atom. The molecular formula is C24H30FN5O2. The normalized spacial score (nSPS) is 26.1. The van der Waals surface area contributed by atoms with Gasteiger partial charge in [0.2, 0.25) is 0 Å². The lowest BCUT2D eigenvalue weighted by molar-refractivity contribution is 0.0545. The van der Waals surface area contributed by atoms with E-state index in [9.17, 15) is 9.18 Å². The average Bonchev–Trinajstić information content (AvgIpc) is 3.34. The first-order valence-corrected chi connectivity index (χ1v) is 11.6. The van der Waals surface area contributed by atoms with Gasteiger partial charge in [-0.05, 0) is 67.7 Å². The molecule has 0 spiro atoms. The third-order valence-corrected chi connectivity index (χ3v) is 7.06. The number of halogens is 1. The number of para-hydroxylation sites is 1. The van der Waals surface area contributed by atoms with Gasteiger partial charge in [-0.25, -0.2) is 4.39 Å². The molecule has 1 amide bonds. The Morgan fingerprint density at radius 3 is 2.50 bits per heavy atom. The van der Waals surface area contributed by atoms with Gasteiger partial charge in [0.15, 0.2) is 5.69 Å². The fraction of sp³-hybridized carbons (Fsp3) is 0.542. The van der Waals surface area contributed by atoms with Crippen molar-refractivity contribution >= 4 is 17.4 Å². The van der Waals surface area contributed by atoms with Gasteiger partial charge in [-0.1, -0.05) is 12.1 Å². The van der Waals surface area contributed by atoms with Gasteiger partial charge < -0.3 is 20.3 Å². The van der Waals surface area contributed by atoms with E-state index in [4.69, 9.17) is 4.74 Å². The number of nitrogens with one attached hydrogen (secondary N) is 2. The second-order valence-corrected chi connectivity index (χ2v) is 9.34. The Balaban J connectivity index is 1.10. The molecule has 2 N–H and O–H groups in total. The van der Waals surface area contributed by atoms with Gasteiger partial charge in [0.05, 0.1) is 5.69 Å². The van der Waals surface area contributed by atoms with E-state index in [0.29, 0.717) is 11.9 Å². The van der Waals surface area contributed by atoms with Crippen LogP contribution < -0.4 is 10.6 Å². The number of nitrogens with zero attached hydrogens (tertiary/aromatic N) is 3. The number of ether oxygens (including phenoxy) is 1. The first-order chi connectivity index (χ1) is 15.6. The molecule has 3 atom stereocenters. The maximum absolute atomic E-state index is 13.7. The van der Waals surface area contributed by atoms with Crippen LogP contribution in [0.3, 0.4) is 0 Å². The molecule has 0 radical (unpaired) electrons. The Labute approximate surface area is 187 Å². The van der Waals surface area contributed by atoms with Crippen molar-refractivity contribution in [3.63, 3.8) is 0 Å². The highest BCUT2D eigenvalue weighted by Crippen LogP contribution is 2.39. The molecule has 5 rings (SSSR count). The fourth-order valence-electron chi connectivity index (χ4n) is 5.45. The molecule has 2 saturated heterocycles. The number of benzene rings is 1. The van der Waals surface area contributed by atoms with Crippen molar-refractivity contribution in [3.8, 4) is 0 Å². The van der Waals surface area contributed by atoms with Gasteiger partial charge in [-0.3, -0.25) is 4.79 Å². The number of likely N-dealkylation sites (tertiary alicyclic amines) is 1. The number of fused-ring (bicyclic) bond motifs is 1. The van der Waals surface area contributed by atoms with Crippen LogP contribution in [0.2, 0.25) is 0 Å². The first-order valence-electron chi connectivity index (χ1n) is 11.6. The summed E-state index contributed by atoms with van der Waals surface area (Å²) in [4.78, 5) is 15.0. The lowest BCUT2D eigenvalue weighted by Gasteiger charge is -2.27. The molecule has 3 aliphatic rings. The molecule has 2 aromatic rings. The summed E-state index contributed by atoms with van der Waals surface area (Å²) in [6.45, 7) is 5.45. The van der Waals surface area contributed by atoms with Crippen LogP contribution in [-0.4, -0.2) is 59.9 Å². The second kappa shape index (κ2) is 9.50. The van der Waals surface area contributed by atoms with Gasteiger partial charge in [-0.2, -0.15) is 0 Å². The highest BCUT2D eigenvalue weighted by Gasteiger charge is 2.41. The molecule has 1 aliphatic carbocycles. The summed E-state index contributed by atoms with van der Waals surface area (Å²) in [6.07, 6.45) is 4.68. The van der Waals surface area contributed by atoms with Gasteiger partial charge in [0, 0.05) is 38.9 Å². The lowest BCUT2D eigenvalue weighted by atomic mass is 10.00. The standard InChI is InChI=1S/C24H30FN5O2/c25-20-3-1-2-4-21(20)27-24(31)22-5-6-23(29-28-22)26-19-11-17-14-30(15-18(17)12-19)13-16-7-9-32-10-8-16/h1-6,16-19H,7-15H2,(H,26,29)(H,27,31)/t17-,18?,19?/m1/s1. The molecule has 2 aliphatic heterocycles. The molecule has 3 heterocycles. The number of rotatable bonds is 6. The largest absolute Gasteiger partial charge is 0.381 e. The van der Waals surface area contributed by atoms with E-state index in [-0.39, 0.29) is 11.4 Å². The van der Waals surface area contributed by atoms with Crippen molar-refractivity contribution < 1.29 is 13.9 Å². The summed E-state index contributed by atoms with van der Waals surface area (Å²) in [5.74, 6) is 1.99. The van der Waals surface area contributed by atoms with Gasteiger partial charge in [0.1, 0.15) is 11.6 Å². The summed E-state index contributed by atoms with van der Waals surface area (Å²) in [6, 6.07) is 9.84. The number of amides is 1. The number of hydrogen-bond donors (Lipinski definition) is 2. The summed E-state index contributed by atoms with van der Waals surface area (Å²) < 4.78 is 19.2. The van der Waals surface area contributed by atoms with Crippen molar-refractivity contribution in [1.82, 2.24) is 15.1 Å². The number of carbonyl (C=O) groups is 1. The Morgan fingerprint density at radius 2 is 1.81 bits per heavy atom. The average molecular weight is 440 g/mol. The zero-order valence-electron chi connectivity index (χ0n) is 18.2. The minimum absolute atomic E-state index is 0.130. The van der Waals surface area contributed by atoms with Crippen molar-refractivity contribution in [2.45, 2.75) is 31.7 Å². The quantitative estimate of drug-likeness (QED) is 0.718. The van der Waals surface area contributed by atoms with Crippen LogP contribution in [-0.2, 0) is 4.74 Å². The second-order valence-electron chi connectivity index (χ2n) is 9.34. The van der Waals surface area contributed by atoms with Crippen LogP contribution in [0.5, 0.6) is 0 Å². The molecule has 1 aromatic heterocycles. The van der Waals surface area contributed by atoms with Crippen molar-refractivity contribution in [2.24, 2.45) is 17.8 Å². The highest BCUT2D eigenvalue weighted by atomic mass is 19.1. The summed E-state index contributed by atoms with van der Waals surface area (Å²) in [7, 11) is 0. The van der Waals surface area contributed by atoms with E-state index in [1.807, 2.05) is 0 Å². The van der Waals surface area contributed by atoms with E-state index in [1.165, 1.54) is 44.6 Å². The first kappa shape index (κ1) is 21.3. The van der Waals surface area contributed by atoms with Crippen molar-refractivity contribution in [1.29, 1.82) is 0 Å². The number of anilines is 2. The fourth-order valence-corrected chi connectivity index (χ4v) is 5.45. The van der Waals surface area contributed by atoms with Crippen molar-refractivity contribution in [3.05, 3.63) is 47.9 Å². The number of aromatic nitrogens is 2. The zero-order chi connectivity index (χ0) is 21.9. The smallest absolute Gasteiger partial charge is 0.276 e. The number of hydrogen-bond acceptors (Lipinski definition) is 6. The SMILES string of the molecule is O=C(Nc1ccccc1F)c1ccc(NC2CC3CN(CC4CCOCC4)C[C@H]3C2)nn1. The molecule has 0 bridgehead atoms.